The third-order valence-corrected chi connectivity index (χ3v) is 13.8. The van der Waals surface area contributed by atoms with Crippen molar-refractivity contribution in [3.05, 3.63) is 240 Å². The summed E-state index contributed by atoms with van der Waals surface area (Å²) >= 11 is 0. The maximum Gasteiger partial charge on any atom is 0.227 e. The van der Waals surface area contributed by atoms with Gasteiger partial charge in [0.25, 0.3) is 0 Å². The minimum atomic E-state index is -1.61. The lowest BCUT2D eigenvalue weighted by Crippen LogP contribution is -2.43. The maximum absolute atomic E-state index is 6.19. The first-order chi connectivity index (χ1) is 34.4. The van der Waals surface area contributed by atoms with Crippen molar-refractivity contribution in [3.8, 4) is 23.0 Å². The normalized spacial score (nSPS) is 14.9. The predicted molar refractivity (Wildman–Crippen MR) is 284 cm³/mol. The van der Waals surface area contributed by atoms with E-state index in [0.717, 1.165) is 99.5 Å². The lowest BCUT2D eigenvalue weighted by Gasteiger charge is -2.40. The van der Waals surface area contributed by atoms with Crippen molar-refractivity contribution in [2.24, 2.45) is 20.0 Å². The van der Waals surface area contributed by atoms with Crippen LogP contribution in [0.4, 0.5) is 0 Å². The van der Waals surface area contributed by atoms with Gasteiger partial charge in [0.15, 0.2) is 0 Å². The quantitative estimate of drug-likeness (QED) is 0.121. The smallest absolute Gasteiger partial charge is 0.227 e. The van der Waals surface area contributed by atoms with Crippen molar-refractivity contribution in [1.29, 1.82) is 0 Å². The van der Waals surface area contributed by atoms with E-state index in [0.29, 0.717) is 22.8 Å². The van der Waals surface area contributed by atoms with E-state index in [9.17, 15) is 0 Å². The largest absolute Gasteiger partial charge is 0.497 e. The number of fused-ring (bicyclic) bond motifs is 6. The highest BCUT2D eigenvalue weighted by molar-refractivity contribution is 6.56. The highest BCUT2D eigenvalue weighted by Gasteiger charge is 2.61. The lowest BCUT2D eigenvalue weighted by molar-refractivity contribution is 0.261. The summed E-state index contributed by atoms with van der Waals surface area (Å²) in [5, 5.41) is 8.43. The second kappa shape index (κ2) is 17.0. The predicted octanol–water partition coefficient (Wildman–Crippen LogP) is 13.3. The summed E-state index contributed by atoms with van der Waals surface area (Å²) in [6.45, 7) is 0. The zero-order chi connectivity index (χ0) is 47.4. The van der Waals surface area contributed by atoms with Gasteiger partial charge in [0.1, 0.15) is 23.0 Å². The van der Waals surface area contributed by atoms with E-state index in [4.69, 9.17) is 38.9 Å². The van der Waals surface area contributed by atoms with Gasteiger partial charge >= 0.3 is 0 Å². The van der Waals surface area contributed by atoms with E-state index in [1.165, 1.54) is 0 Å². The number of nitrogens with zero attached hydrogens (tertiary/aromatic N) is 4. The molecule has 70 heavy (non-hydrogen) atoms. The molecule has 0 N–H and O–H groups in total. The number of hydrogen-bond donors (Lipinski definition) is 0. The number of aliphatic imine (C=N–C) groups is 4. The summed E-state index contributed by atoms with van der Waals surface area (Å²) < 4.78 is 22.8. The van der Waals surface area contributed by atoms with Crippen LogP contribution in [0.1, 0.15) is 33.4 Å². The molecule has 0 bridgehead atoms. The molecule has 0 fully saturated rings. The second-order valence-electron chi connectivity index (χ2n) is 17.5. The van der Waals surface area contributed by atoms with Gasteiger partial charge in [0.2, 0.25) is 11.3 Å². The molecule has 12 rings (SSSR count). The van der Waals surface area contributed by atoms with Crippen LogP contribution in [0.25, 0.3) is 43.1 Å². The van der Waals surface area contributed by atoms with Gasteiger partial charge in [0, 0.05) is 33.4 Å². The highest BCUT2D eigenvalue weighted by atomic mass is 16.5. The van der Waals surface area contributed by atoms with E-state index in [1.54, 1.807) is 28.4 Å². The molecule has 0 spiro atoms. The molecule has 0 radical (unpaired) electrons. The number of ether oxygens (including phenoxy) is 4. The molecule has 0 amide bonds. The van der Waals surface area contributed by atoms with Crippen LogP contribution in [0.5, 0.6) is 23.0 Å². The molecule has 8 nitrogen and oxygen atoms in total. The molecule has 2 heterocycles. The summed E-state index contributed by atoms with van der Waals surface area (Å²) in [6, 6.07) is 70.9. The fourth-order valence-electron chi connectivity index (χ4n) is 10.3. The molecule has 0 atom stereocenters. The van der Waals surface area contributed by atoms with Gasteiger partial charge in [-0.05, 0) is 152 Å². The first kappa shape index (κ1) is 42.5. The molecule has 0 aliphatic carbocycles. The van der Waals surface area contributed by atoms with Crippen LogP contribution in [0.2, 0.25) is 0 Å². The first-order valence-corrected chi connectivity index (χ1v) is 23.2. The zero-order valence-corrected chi connectivity index (χ0v) is 39.1. The monoisotopic (exact) mass is 910 g/mol. The topological polar surface area (TPSA) is 86.4 Å². The van der Waals surface area contributed by atoms with Crippen molar-refractivity contribution in [3.63, 3.8) is 0 Å². The fraction of sp³-hybridized carbons (Fsp3) is 0.0968. The molecule has 10 aromatic rings. The Morgan fingerprint density at radius 3 is 0.786 bits per heavy atom. The van der Waals surface area contributed by atoms with Gasteiger partial charge in [-0.15, -0.1) is 0 Å². The third kappa shape index (κ3) is 6.74. The van der Waals surface area contributed by atoms with Crippen LogP contribution in [-0.4, -0.2) is 51.3 Å². The standard InChI is InChI=1S/C62H46N4O4/c1-67-45-29-21-39(22-30-45)57-58(40-23-31-46(68-2)32-24-40)64-61(63-57,55-37-43-13-5-7-15-49(43)51-17-9-11-19-53(51)55)62(56-38-44-14-6-8-16-50(44)52-18-10-12-20-54(52)56)65-59(41-25-33-47(69-3)34-26-41)60(66-62)42-27-35-48(70-4)36-28-42/h5-38H,1-4H3. The van der Waals surface area contributed by atoms with E-state index in [1.807, 2.05) is 48.5 Å². The van der Waals surface area contributed by atoms with Crippen molar-refractivity contribution >= 4 is 65.9 Å². The number of rotatable bonds is 11. The van der Waals surface area contributed by atoms with Gasteiger partial charge in [0.05, 0.1) is 51.3 Å². The summed E-state index contributed by atoms with van der Waals surface area (Å²) in [7, 11) is 6.71. The highest BCUT2D eigenvalue weighted by Crippen LogP contribution is 2.58. The molecule has 8 heteroatoms. The van der Waals surface area contributed by atoms with Crippen molar-refractivity contribution in [1.82, 2.24) is 0 Å². The average Bonchev–Trinajstić information content (AvgIpc) is 4.05. The first-order valence-electron chi connectivity index (χ1n) is 23.2. The summed E-state index contributed by atoms with van der Waals surface area (Å²) in [5.41, 5.74) is 4.65. The maximum atomic E-state index is 6.19. The molecular formula is C62H46N4O4. The fourth-order valence-corrected chi connectivity index (χ4v) is 10.3. The Balaban J connectivity index is 1.32. The Labute approximate surface area is 405 Å². The molecule has 2 aliphatic rings. The lowest BCUT2D eigenvalue weighted by atomic mass is 9.77. The van der Waals surface area contributed by atoms with Crippen molar-refractivity contribution < 1.29 is 18.9 Å². The average molecular weight is 911 g/mol. The van der Waals surface area contributed by atoms with Gasteiger partial charge in [-0.2, -0.15) is 0 Å². The SMILES string of the molecule is COc1ccc(C2=NC(c3cc4ccccc4c4ccccc34)(C3(c4cc5ccccc5c5ccccc45)N=C(c4ccc(OC)cc4)C(c4ccc(OC)cc4)=N3)N=C2c2ccc(OC)cc2)cc1. The van der Waals surface area contributed by atoms with Gasteiger partial charge in [-0.3, -0.25) is 0 Å². The van der Waals surface area contributed by atoms with Crippen LogP contribution >= 0.6 is 0 Å². The molecule has 10 aromatic carbocycles. The molecular weight excluding hydrogens is 865 g/mol. The van der Waals surface area contributed by atoms with E-state index in [2.05, 4.69) is 158 Å². The second-order valence-corrected chi connectivity index (χ2v) is 17.5. The Kier molecular flexibility index (Phi) is 10.3. The van der Waals surface area contributed by atoms with Crippen molar-refractivity contribution in [2.45, 2.75) is 11.3 Å². The van der Waals surface area contributed by atoms with Crippen LogP contribution in [0.15, 0.2) is 226 Å². The molecule has 0 saturated carbocycles. The third-order valence-electron chi connectivity index (χ3n) is 13.8. The minimum absolute atomic E-state index is 0.684. The number of benzene rings is 10. The van der Waals surface area contributed by atoms with E-state index < -0.39 is 11.3 Å². The van der Waals surface area contributed by atoms with Crippen LogP contribution in [0.3, 0.4) is 0 Å². The van der Waals surface area contributed by atoms with Crippen LogP contribution < -0.4 is 18.9 Å². The Morgan fingerprint density at radius 2 is 0.514 bits per heavy atom. The Hall–Kier alpha value is -8.88. The molecule has 2 aliphatic heterocycles. The zero-order valence-electron chi connectivity index (χ0n) is 39.1. The summed E-state index contributed by atoms with van der Waals surface area (Å²) in [4.78, 5) is 24.8. The Morgan fingerprint density at radius 1 is 0.271 bits per heavy atom. The summed E-state index contributed by atoms with van der Waals surface area (Å²) in [6.07, 6.45) is 0. The molecule has 338 valence electrons. The van der Waals surface area contributed by atoms with E-state index in [-0.39, 0.29) is 0 Å². The minimum Gasteiger partial charge on any atom is -0.497 e. The van der Waals surface area contributed by atoms with Gasteiger partial charge in [-0.1, -0.05) is 97.1 Å². The molecule has 0 aromatic heterocycles. The molecule has 0 saturated heterocycles. The van der Waals surface area contributed by atoms with Gasteiger partial charge in [-0.25, -0.2) is 20.0 Å². The van der Waals surface area contributed by atoms with Crippen molar-refractivity contribution in [2.75, 3.05) is 28.4 Å². The summed E-state index contributed by atoms with van der Waals surface area (Å²) in [5.74, 6) is 2.92. The number of methoxy groups -OCH3 is 4. The Bertz CT molecular complexity index is 3420. The number of hydrogen-bond acceptors (Lipinski definition) is 8. The van der Waals surface area contributed by atoms with Crippen LogP contribution in [-0.2, 0) is 11.3 Å². The van der Waals surface area contributed by atoms with E-state index >= 15 is 0 Å². The van der Waals surface area contributed by atoms with Crippen LogP contribution in [0, 0.1) is 0 Å². The molecule has 0 unspecified atom stereocenters. The van der Waals surface area contributed by atoms with Gasteiger partial charge < -0.3 is 18.9 Å².